The highest BCUT2D eigenvalue weighted by Gasteiger charge is 2.21. The van der Waals surface area contributed by atoms with Crippen LogP contribution in [0.1, 0.15) is 11.1 Å². The molecule has 33 heavy (non-hydrogen) atoms. The summed E-state index contributed by atoms with van der Waals surface area (Å²) < 4.78 is 22.1. The lowest BCUT2D eigenvalue weighted by Crippen LogP contribution is -2.35. The number of benzene rings is 3. The standard InChI is InChI=1S/C27H23FN4O/c28-26-9-5-4-8-25(26)27-22(19-31-12-14-33-15-13-31)18-30-32(27)23-10-11-24(21(16-23)17-29)20-6-2-1-3-7-20/h1-11,16,18H,12-15,19H2. The van der Waals surface area contributed by atoms with Gasteiger partial charge in [0.25, 0.3) is 0 Å². The number of rotatable bonds is 5. The number of nitriles is 1. The molecule has 2 heterocycles. The summed E-state index contributed by atoms with van der Waals surface area (Å²) >= 11 is 0. The highest BCUT2D eigenvalue weighted by molar-refractivity contribution is 5.73. The van der Waals surface area contributed by atoms with Crippen LogP contribution < -0.4 is 0 Å². The SMILES string of the molecule is N#Cc1cc(-n2ncc(CN3CCOCC3)c2-c2ccccc2F)ccc1-c1ccccc1. The summed E-state index contributed by atoms with van der Waals surface area (Å²) in [6, 6.07) is 24.5. The molecule has 0 N–H and O–H groups in total. The number of nitrogens with zero attached hydrogens (tertiary/aromatic N) is 4. The van der Waals surface area contributed by atoms with Gasteiger partial charge in [-0.1, -0.05) is 48.5 Å². The van der Waals surface area contributed by atoms with E-state index in [0.717, 1.165) is 35.5 Å². The third kappa shape index (κ3) is 4.29. The maximum atomic E-state index is 14.9. The Hall–Kier alpha value is -3.79. The average molecular weight is 439 g/mol. The first-order chi connectivity index (χ1) is 16.2. The van der Waals surface area contributed by atoms with Gasteiger partial charge in [0, 0.05) is 30.8 Å². The second-order valence-corrected chi connectivity index (χ2v) is 8.01. The molecular weight excluding hydrogens is 415 g/mol. The van der Waals surface area contributed by atoms with Crippen LogP contribution in [-0.2, 0) is 11.3 Å². The van der Waals surface area contributed by atoms with Gasteiger partial charge < -0.3 is 4.74 Å². The van der Waals surface area contributed by atoms with E-state index in [9.17, 15) is 9.65 Å². The lowest BCUT2D eigenvalue weighted by molar-refractivity contribution is 0.0342. The molecule has 5 rings (SSSR count). The molecule has 1 aliphatic rings. The second-order valence-electron chi connectivity index (χ2n) is 8.01. The zero-order chi connectivity index (χ0) is 22.6. The van der Waals surface area contributed by atoms with E-state index < -0.39 is 0 Å². The average Bonchev–Trinajstić information content (AvgIpc) is 3.28. The van der Waals surface area contributed by atoms with Crippen LogP contribution in [0.4, 0.5) is 4.39 Å². The number of aromatic nitrogens is 2. The van der Waals surface area contributed by atoms with E-state index in [-0.39, 0.29) is 5.82 Å². The summed E-state index contributed by atoms with van der Waals surface area (Å²) in [5.74, 6) is -0.302. The Morgan fingerprint density at radius 2 is 1.70 bits per heavy atom. The van der Waals surface area contributed by atoms with Crippen LogP contribution in [0, 0.1) is 17.1 Å². The van der Waals surface area contributed by atoms with Gasteiger partial charge in [0.15, 0.2) is 0 Å². The summed E-state index contributed by atoms with van der Waals surface area (Å²) in [7, 11) is 0. The maximum Gasteiger partial charge on any atom is 0.132 e. The predicted octanol–water partition coefficient (Wildman–Crippen LogP) is 5.05. The van der Waals surface area contributed by atoms with Gasteiger partial charge in [-0.2, -0.15) is 10.4 Å². The molecule has 164 valence electrons. The van der Waals surface area contributed by atoms with Crippen molar-refractivity contribution in [1.82, 2.24) is 14.7 Å². The van der Waals surface area contributed by atoms with Crippen LogP contribution in [0.2, 0.25) is 0 Å². The van der Waals surface area contributed by atoms with E-state index in [4.69, 9.17) is 4.74 Å². The molecule has 0 radical (unpaired) electrons. The molecule has 0 bridgehead atoms. The van der Waals surface area contributed by atoms with Crippen molar-refractivity contribution in [1.29, 1.82) is 5.26 Å². The molecule has 0 amide bonds. The summed E-state index contributed by atoms with van der Waals surface area (Å²) in [5, 5.41) is 14.5. The van der Waals surface area contributed by atoms with Crippen LogP contribution in [0.25, 0.3) is 28.1 Å². The molecule has 5 nitrogen and oxygen atoms in total. The summed E-state index contributed by atoms with van der Waals surface area (Å²) in [6.07, 6.45) is 1.80. The normalized spacial score (nSPS) is 14.2. The lowest BCUT2D eigenvalue weighted by Gasteiger charge is -2.26. The van der Waals surface area contributed by atoms with Crippen molar-refractivity contribution in [3.63, 3.8) is 0 Å². The van der Waals surface area contributed by atoms with Crippen LogP contribution >= 0.6 is 0 Å². The fourth-order valence-electron chi connectivity index (χ4n) is 4.26. The van der Waals surface area contributed by atoms with Crippen LogP contribution in [0.3, 0.4) is 0 Å². The van der Waals surface area contributed by atoms with Crippen molar-refractivity contribution in [3.05, 3.63) is 95.9 Å². The largest absolute Gasteiger partial charge is 0.379 e. The fourth-order valence-corrected chi connectivity index (χ4v) is 4.26. The van der Waals surface area contributed by atoms with Gasteiger partial charge in [-0.25, -0.2) is 9.07 Å². The van der Waals surface area contributed by atoms with Crippen LogP contribution in [0.5, 0.6) is 0 Å². The van der Waals surface area contributed by atoms with E-state index >= 15 is 0 Å². The first-order valence-corrected chi connectivity index (χ1v) is 11.0. The molecule has 6 heteroatoms. The van der Waals surface area contributed by atoms with Crippen molar-refractivity contribution < 1.29 is 9.13 Å². The number of hydrogen-bond donors (Lipinski definition) is 0. The quantitative estimate of drug-likeness (QED) is 0.438. The Morgan fingerprint density at radius 1 is 0.939 bits per heavy atom. The molecule has 0 saturated carbocycles. The Kier molecular flexibility index (Phi) is 5.99. The monoisotopic (exact) mass is 438 g/mol. The first kappa shape index (κ1) is 21.1. The smallest absolute Gasteiger partial charge is 0.132 e. The van der Waals surface area contributed by atoms with Gasteiger partial charge in [-0.15, -0.1) is 0 Å². The van der Waals surface area contributed by atoms with E-state index in [1.54, 1.807) is 23.0 Å². The zero-order valence-corrected chi connectivity index (χ0v) is 18.1. The third-order valence-electron chi connectivity index (χ3n) is 5.92. The van der Waals surface area contributed by atoms with Crippen molar-refractivity contribution in [3.8, 4) is 34.1 Å². The highest BCUT2D eigenvalue weighted by atomic mass is 19.1. The summed E-state index contributed by atoms with van der Waals surface area (Å²) in [4.78, 5) is 2.29. The summed E-state index contributed by atoms with van der Waals surface area (Å²) in [5.41, 5.74) is 5.23. The number of halogens is 1. The van der Waals surface area contributed by atoms with Gasteiger partial charge in [0.1, 0.15) is 5.82 Å². The number of ether oxygens (including phenoxy) is 1. The molecule has 0 aliphatic carbocycles. The van der Waals surface area contributed by atoms with Crippen molar-refractivity contribution >= 4 is 0 Å². The Labute approximate surface area is 192 Å². The minimum Gasteiger partial charge on any atom is -0.379 e. The first-order valence-electron chi connectivity index (χ1n) is 11.0. The van der Waals surface area contributed by atoms with Gasteiger partial charge >= 0.3 is 0 Å². The third-order valence-corrected chi connectivity index (χ3v) is 5.92. The molecule has 1 fully saturated rings. The van der Waals surface area contributed by atoms with E-state index in [2.05, 4.69) is 16.1 Å². The minimum absolute atomic E-state index is 0.302. The molecule has 1 aromatic heterocycles. The van der Waals surface area contributed by atoms with Gasteiger partial charge in [-0.05, 0) is 35.4 Å². The van der Waals surface area contributed by atoms with E-state index in [0.29, 0.717) is 36.6 Å². The molecular formula is C27H23FN4O. The Balaban J connectivity index is 1.61. The van der Waals surface area contributed by atoms with Gasteiger partial charge in [0.2, 0.25) is 0 Å². The van der Waals surface area contributed by atoms with Crippen molar-refractivity contribution in [2.45, 2.75) is 6.54 Å². The summed E-state index contributed by atoms with van der Waals surface area (Å²) in [6.45, 7) is 3.68. The number of hydrogen-bond acceptors (Lipinski definition) is 4. The topological polar surface area (TPSA) is 54.1 Å². The lowest BCUT2D eigenvalue weighted by atomic mass is 9.99. The molecule has 0 atom stereocenters. The van der Waals surface area contributed by atoms with E-state index in [1.165, 1.54) is 6.07 Å². The van der Waals surface area contributed by atoms with E-state index in [1.807, 2.05) is 54.6 Å². The molecule has 1 saturated heterocycles. The zero-order valence-electron chi connectivity index (χ0n) is 18.1. The Morgan fingerprint density at radius 3 is 2.45 bits per heavy atom. The molecule has 3 aromatic carbocycles. The van der Waals surface area contributed by atoms with Crippen molar-refractivity contribution in [2.24, 2.45) is 0 Å². The molecule has 1 aliphatic heterocycles. The fraction of sp³-hybridized carbons (Fsp3) is 0.185. The number of morpholine rings is 1. The minimum atomic E-state index is -0.302. The predicted molar refractivity (Wildman–Crippen MR) is 125 cm³/mol. The molecule has 0 spiro atoms. The second kappa shape index (κ2) is 9.37. The maximum absolute atomic E-state index is 14.9. The highest BCUT2D eigenvalue weighted by Crippen LogP contribution is 2.32. The van der Waals surface area contributed by atoms with Gasteiger partial charge in [-0.3, -0.25) is 4.90 Å². The van der Waals surface area contributed by atoms with Crippen molar-refractivity contribution in [2.75, 3.05) is 26.3 Å². The van der Waals surface area contributed by atoms with Crippen LogP contribution in [0.15, 0.2) is 79.0 Å². The molecule has 4 aromatic rings. The van der Waals surface area contributed by atoms with Crippen LogP contribution in [-0.4, -0.2) is 41.0 Å². The Bertz CT molecular complexity index is 1300. The van der Waals surface area contributed by atoms with Gasteiger partial charge in [0.05, 0.1) is 42.4 Å². The molecule has 0 unspecified atom stereocenters.